The maximum Gasteiger partial charge on any atom is 0.306 e. The van der Waals surface area contributed by atoms with Crippen molar-refractivity contribution in [1.82, 2.24) is 0 Å². The third-order valence-electron chi connectivity index (χ3n) is 12.5. The topological polar surface area (TPSA) is 78.9 Å². The molecule has 1 atom stereocenters. The summed E-state index contributed by atoms with van der Waals surface area (Å²) < 4.78 is 16.8. The first kappa shape index (κ1) is 72.0. The van der Waals surface area contributed by atoms with Crippen molar-refractivity contribution >= 4 is 17.9 Å². The van der Waals surface area contributed by atoms with Crippen molar-refractivity contribution in [3.05, 3.63) is 158 Å². The van der Waals surface area contributed by atoms with Crippen LogP contribution in [0.15, 0.2) is 158 Å². The lowest BCUT2D eigenvalue weighted by atomic mass is 10.1. The quantitative estimate of drug-likeness (QED) is 0.0261. The number of rotatable bonds is 54. The molecule has 6 heteroatoms. The van der Waals surface area contributed by atoms with E-state index in [4.69, 9.17) is 14.2 Å². The second-order valence-electron chi connectivity index (χ2n) is 19.8. The van der Waals surface area contributed by atoms with E-state index in [0.29, 0.717) is 19.3 Å². The minimum Gasteiger partial charge on any atom is -0.462 e. The zero-order chi connectivity index (χ0) is 55.7. The largest absolute Gasteiger partial charge is 0.462 e. The Morgan fingerprint density at radius 2 is 0.506 bits per heavy atom. The standard InChI is InChI=1S/C71H112O6/c1-4-7-10-13-16-19-22-25-27-29-31-33-34-35-36-38-39-41-43-46-49-52-55-58-61-64-70(73)76-67-68(66-75-69(72)63-60-57-54-51-48-45-24-21-18-15-12-9-6-3)77-71(74)65-62-59-56-53-50-47-44-42-40-37-32-30-28-26-23-20-17-14-11-8-5-2/h7-8,10-11,16-17,19-21,24-28,31-33,35-37,39,41-42,44,50,53,68H,4-6,9,12-15,18,22-23,29-30,34,38,40,43,45-49,51-52,54-67H2,1-3H3/b10-7-,11-8-,19-16-,20-17-,24-21-,27-25-,28-26-,33-31-,36-35-,37-32-,41-39-,44-42-,53-50-. The van der Waals surface area contributed by atoms with Gasteiger partial charge in [-0.05, 0) is 148 Å². The van der Waals surface area contributed by atoms with E-state index in [-0.39, 0.29) is 37.5 Å². The average Bonchev–Trinajstić information content (AvgIpc) is 3.43. The van der Waals surface area contributed by atoms with Crippen LogP contribution in [0.3, 0.4) is 0 Å². The Hall–Kier alpha value is -4.97. The van der Waals surface area contributed by atoms with Gasteiger partial charge in [0.05, 0.1) is 0 Å². The van der Waals surface area contributed by atoms with Gasteiger partial charge in [0.25, 0.3) is 0 Å². The normalized spacial score (nSPS) is 13.2. The van der Waals surface area contributed by atoms with Gasteiger partial charge in [0, 0.05) is 19.3 Å². The molecule has 0 aromatic rings. The number of ether oxygens (including phenoxy) is 3. The minimum absolute atomic E-state index is 0.111. The van der Waals surface area contributed by atoms with Gasteiger partial charge in [0.1, 0.15) is 13.2 Å². The number of unbranched alkanes of at least 4 members (excludes halogenated alkanes) is 17. The monoisotopic (exact) mass is 1060 g/mol. The Morgan fingerprint density at radius 1 is 0.273 bits per heavy atom. The van der Waals surface area contributed by atoms with Crippen LogP contribution in [0.4, 0.5) is 0 Å². The van der Waals surface area contributed by atoms with Crippen molar-refractivity contribution < 1.29 is 28.6 Å². The van der Waals surface area contributed by atoms with Crippen LogP contribution in [0.1, 0.15) is 252 Å². The molecule has 0 aliphatic carbocycles. The molecule has 1 unspecified atom stereocenters. The summed E-state index contributed by atoms with van der Waals surface area (Å²) >= 11 is 0. The molecule has 0 aliphatic heterocycles. The van der Waals surface area contributed by atoms with E-state index in [1.165, 1.54) is 51.4 Å². The van der Waals surface area contributed by atoms with Gasteiger partial charge in [0.2, 0.25) is 0 Å². The van der Waals surface area contributed by atoms with E-state index in [0.717, 1.165) is 154 Å². The van der Waals surface area contributed by atoms with Crippen LogP contribution in [-0.4, -0.2) is 37.2 Å². The highest BCUT2D eigenvalue weighted by Gasteiger charge is 2.19. The van der Waals surface area contributed by atoms with Crippen molar-refractivity contribution in [1.29, 1.82) is 0 Å². The summed E-state index contributed by atoms with van der Waals surface area (Å²) in [5.41, 5.74) is 0. The highest BCUT2D eigenvalue weighted by atomic mass is 16.6. The highest BCUT2D eigenvalue weighted by Crippen LogP contribution is 2.13. The van der Waals surface area contributed by atoms with Crippen LogP contribution in [0, 0.1) is 0 Å². The molecule has 0 aromatic carbocycles. The van der Waals surface area contributed by atoms with Crippen molar-refractivity contribution in [2.45, 2.75) is 258 Å². The molecule has 0 saturated heterocycles. The molecular weight excluding hydrogens is 949 g/mol. The number of allylic oxidation sites excluding steroid dienone is 26. The fraction of sp³-hybridized carbons (Fsp3) is 0.592. The lowest BCUT2D eigenvalue weighted by Crippen LogP contribution is -2.30. The molecule has 0 radical (unpaired) electrons. The van der Waals surface area contributed by atoms with Crippen LogP contribution < -0.4 is 0 Å². The van der Waals surface area contributed by atoms with Crippen LogP contribution in [-0.2, 0) is 28.6 Å². The SMILES string of the molecule is CC/C=C\C/C=C\C/C=C\C/C=C\C/C=C\C/C=C\CCCCCCCCC(=O)OCC(COC(=O)CCCCCCC/C=C\CCCCCC)OC(=O)CCCC/C=C\C/C=C\C/C=C\C/C=C\C/C=C\C/C=C\CC. The Kier molecular flexibility index (Phi) is 59.5. The predicted octanol–water partition coefficient (Wildman–Crippen LogP) is 21.3. The summed E-state index contributed by atoms with van der Waals surface area (Å²) in [6, 6.07) is 0. The van der Waals surface area contributed by atoms with Gasteiger partial charge in [-0.2, -0.15) is 0 Å². The smallest absolute Gasteiger partial charge is 0.306 e. The van der Waals surface area contributed by atoms with Crippen LogP contribution >= 0.6 is 0 Å². The molecule has 0 rings (SSSR count). The van der Waals surface area contributed by atoms with E-state index >= 15 is 0 Å². The molecule has 77 heavy (non-hydrogen) atoms. The van der Waals surface area contributed by atoms with Crippen molar-refractivity contribution in [2.24, 2.45) is 0 Å². The summed E-state index contributed by atoms with van der Waals surface area (Å²) in [6.45, 7) is 6.33. The van der Waals surface area contributed by atoms with Crippen LogP contribution in [0.25, 0.3) is 0 Å². The summed E-state index contributed by atoms with van der Waals surface area (Å²) in [4.78, 5) is 38.3. The van der Waals surface area contributed by atoms with Gasteiger partial charge >= 0.3 is 17.9 Å². The van der Waals surface area contributed by atoms with Crippen molar-refractivity contribution in [3.8, 4) is 0 Å². The van der Waals surface area contributed by atoms with Crippen molar-refractivity contribution in [2.75, 3.05) is 13.2 Å². The van der Waals surface area contributed by atoms with Crippen LogP contribution in [0.2, 0.25) is 0 Å². The van der Waals surface area contributed by atoms with Gasteiger partial charge in [-0.3, -0.25) is 14.4 Å². The molecule has 0 heterocycles. The summed E-state index contributed by atoms with van der Waals surface area (Å²) in [6.07, 6.45) is 92.4. The molecular formula is C71H112O6. The zero-order valence-electron chi connectivity index (χ0n) is 49.4. The molecule has 0 N–H and O–H groups in total. The van der Waals surface area contributed by atoms with E-state index in [2.05, 4.69) is 179 Å². The number of esters is 3. The zero-order valence-corrected chi connectivity index (χ0v) is 49.4. The summed E-state index contributed by atoms with van der Waals surface area (Å²) in [5, 5.41) is 0. The van der Waals surface area contributed by atoms with Gasteiger partial charge in [0.15, 0.2) is 6.10 Å². The second-order valence-corrected chi connectivity index (χ2v) is 19.8. The molecule has 0 aromatic heterocycles. The Bertz CT molecular complexity index is 1740. The second kappa shape index (κ2) is 63.6. The average molecular weight is 1060 g/mol. The molecule has 0 amide bonds. The van der Waals surface area contributed by atoms with Gasteiger partial charge < -0.3 is 14.2 Å². The first-order chi connectivity index (χ1) is 38.0. The summed E-state index contributed by atoms with van der Waals surface area (Å²) in [5.74, 6) is -0.983. The maximum atomic E-state index is 12.9. The molecule has 0 saturated carbocycles. The van der Waals surface area contributed by atoms with Gasteiger partial charge in [-0.25, -0.2) is 0 Å². The van der Waals surface area contributed by atoms with Crippen LogP contribution in [0.5, 0.6) is 0 Å². The Labute approximate surface area is 473 Å². The Morgan fingerprint density at radius 3 is 0.831 bits per heavy atom. The fourth-order valence-corrected chi connectivity index (χ4v) is 7.91. The number of carbonyl (C=O) groups excluding carboxylic acids is 3. The number of carbonyl (C=O) groups is 3. The summed E-state index contributed by atoms with van der Waals surface area (Å²) in [7, 11) is 0. The lowest BCUT2D eigenvalue weighted by Gasteiger charge is -2.18. The first-order valence-electron chi connectivity index (χ1n) is 31.0. The molecule has 6 nitrogen and oxygen atoms in total. The van der Waals surface area contributed by atoms with Gasteiger partial charge in [-0.15, -0.1) is 0 Å². The van der Waals surface area contributed by atoms with E-state index < -0.39 is 6.10 Å². The molecule has 0 bridgehead atoms. The lowest BCUT2D eigenvalue weighted by molar-refractivity contribution is -0.167. The molecule has 0 spiro atoms. The highest BCUT2D eigenvalue weighted by molar-refractivity contribution is 5.71. The van der Waals surface area contributed by atoms with E-state index in [1.807, 2.05) is 0 Å². The number of hydrogen-bond acceptors (Lipinski definition) is 6. The van der Waals surface area contributed by atoms with E-state index in [9.17, 15) is 14.4 Å². The minimum atomic E-state index is -0.820. The van der Waals surface area contributed by atoms with E-state index in [1.54, 1.807) is 0 Å². The molecule has 432 valence electrons. The molecule has 0 aliphatic rings. The number of hydrogen-bond donors (Lipinski definition) is 0. The van der Waals surface area contributed by atoms with Gasteiger partial charge in [-0.1, -0.05) is 243 Å². The third kappa shape index (κ3) is 61.8. The molecule has 0 fully saturated rings. The Balaban J connectivity index is 4.49. The third-order valence-corrected chi connectivity index (χ3v) is 12.5. The first-order valence-corrected chi connectivity index (χ1v) is 31.0. The fourth-order valence-electron chi connectivity index (χ4n) is 7.91. The maximum absolute atomic E-state index is 12.9. The predicted molar refractivity (Wildman–Crippen MR) is 334 cm³/mol. The van der Waals surface area contributed by atoms with Crippen molar-refractivity contribution in [3.63, 3.8) is 0 Å².